The van der Waals surface area contributed by atoms with Gasteiger partial charge in [0.05, 0.1) is 6.04 Å². The van der Waals surface area contributed by atoms with E-state index in [0.717, 1.165) is 11.4 Å². The summed E-state index contributed by atoms with van der Waals surface area (Å²) >= 11 is 0. The van der Waals surface area contributed by atoms with Gasteiger partial charge in [0.25, 0.3) is 0 Å². The third-order valence-corrected chi connectivity index (χ3v) is 4.33. The molecule has 3 rings (SSSR count). The van der Waals surface area contributed by atoms with Gasteiger partial charge in [-0.15, -0.1) is 0 Å². The van der Waals surface area contributed by atoms with Crippen LogP contribution in [0.25, 0.3) is 0 Å². The second-order valence-electron chi connectivity index (χ2n) is 6.30. The molecule has 0 aliphatic heterocycles. The van der Waals surface area contributed by atoms with Crippen molar-refractivity contribution in [1.82, 2.24) is 0 Å². The highest BCUT2D eigenvalue weighted by Crippen LogP contribution is 2.25. The summed E-state index contributed by atoms with van der Waals surface area (Å²) in [5.41, 5.74) is 3.99. The first-order valence-corrected chi connectivity index (χ1v) is 8.47. The molecule has 0 heterocycles. The van der Waals surface area contributed by atoms with E-state index in [2.05, 4.69) is 41.4 Å². The lowest BCUT2D eigenvalue weighted by molar-refractivity contribution is 0.590. The van der Waals surface area contributed by atoms with Crippen LogP contribution in [0.15, 0.2) is 78.9 Å². The first-order valence-electron chi connectivity index (χ1n) is 8.47. The summed E-state index contributed by atoms with van der Waals surface area (Å²) in [5, 5.41) is 3.47. The molecule has 0 saturated carbocycles. The molecular formula is C22H23FN2. The quantitative estimate of drug-likeness (QED) is 0.647. The number of para-hydroxylation sites is 1. The maximum absolute atomic E-state index is 14.4. The Morgan fingerprint density at radius 3 is 2.20 bits per heavy atom. The fraction of sp³-hybridized carbons (Fsp3) is 0.182. The molecule has 1 N–H and O–H groups in total. The lowest BCUT2D eigenvalue weighted by atomic mass is 10.0. The van der Waals surface area contributed by atoms with Gasteiger partial charge in [0.2, 0.25) is 0 Å². The van der Waals surface area contributed by atoms with Gasteiger partial charge < -0.3 is 10.2 Å². The number of anilines is 2. The van der Waals surface area contributed by atoms with Crippen LogP contribution in [-0.4, -0.2) is 13.6 Å². The van der Waals surface area contributed by atoms with Crippen molar-refractivity contribution in [2.24, 2.45) is 0 Å². The summed E-state index contributed by atoms with van der Waals surface area (Å²) < 4.78 is 14.4. The number of aryl methyl sites for hydroxylation is 1. The summed E-state index contributed by atoms with van der Waals surface area (Å²) in [7, 11) is 2.03. The Kier molecular flexibility index (Phi) is 5.34. The molecule has 2 nitrogen and oxygen atoms in total. The monoisotopic (exact) mass is 334 g/mol. The van der Waals surface area contributed by atoms with Gasteiger partial charge in [-0.1, -0.05) is 54.1 Å². The first kappa shape index (κ1) is 17.0. The molecule has 3 heteroatoms. The zero-order valence-corrected chi connectivity index (χ0v) is 14.6. The maximum atomic E-state index is 14.4. The van der Waals surface area contributed by atoms with E-state index in [0.29, 0.717) is 12.1 Å². The second-order valence-corrected chi connectivity index (χ2v) is 6.30. The number of benzene rings is 3. The average molecular weight is 334 g/mol. The Bertz CT molecular complexity index is 800. The van der Waals surface area contributed by atoms with Gasteiger partial charge in [0, 0.05) is 30.5 Å². The molecule has 0 bridgehead atoms. The van der Waals surface area contributed by atoms with Crippen molar-refractivity contribution in [2.45, 2.75) is 13.0 Å². The van der Waals surface area contributed by atoms with Crippen LogP contribution < -0.4 is 10.2 Å². The van der Waals surface area contributed by atoms with Gasteiger partial charge in [-0.2, -0.15) is 0 Å². The second kappa shape index (κ2) is 7.84. The molecule has 0 spiro atoms. The largest absolute Gasteiger partial charge is 0.376 e. The topological polar surface area (TPSA) is 15.3 Å². The molecule has 0 aliphatic rings. The van der Waals surface area contributed by atoms with E-state index in [1.54, 1.807) is 6.07 Å². The number of nitrogens with one attached hydrogen (secondary N) is 1. The maximum Gasteiger partial charge on any atom is 0.128 e. The highest BCUT2D eigenvalue weighted by molar-refractivity contribution is 5.50. The summed E-state index contributed by atoms with van der Waals surface area (Å²) in [4.78, 5) is 2.15. The minimum Gasteiger partial charge on any atom is -0.376 e. The summed E-state index contributed by atoms with van der Waals surface area (Å²) in [6.07, 6.45) is 0. The zero-order valence-electron chi connectivity index (χ0n) is 14.6. The van der Waals surface area contributed by atoms with E-state index in [9.17, 15) is 4.39 Å². The fourth-order valence-electron chi connectivity index (χ4n) is 2.89. The van der Waals surface area contributed by atoms with Gasteiger partial charge in [-0.05, 0) is 37.3 Å². The van der Waals surface area contributed by atoms with Crippen LogP contribution in [-0.2, 0) is 0 Å². The van der Waals surface area contributed by atoms with Gasteiger partial charge in [-0.3, -0.25) is 0 Å². The highest BCUT2D eigenvalue weighted by atomic mass is 19.1. The van der Waals surface area contributed by atoms with Crippen LogP contribution in [0.5, 0.6) is 0 Å². The first-order chi connectivity index (χ1) is 12.1. The van der Waals surface area contributed by atoms with Crippen molar-refractivity contribution in [3.63, 3.8) is 0 Å². The number of halogens is 1. The molecule has 0 radical (unpaired) electrons. The third-order valence-electron chi connectivity index (χ3n) is 4.33. The van der Waals surface area contributed by atoms with Crippen LogP contribution in [0.2, 0.25) is 0 Å². The summed E-state index contributed by atoms with van der Waals surface area (Å²) in [6.45, 7) is 2.72. The average Bonchev–Trinajstić information content (AvgIpc) is 2.63. The summed E-state index contributed by atoms with van der Waals surface area (Å²) in [6, 6.07) is 25.1. The van der Waals surface area contributed by atoms with Crippen LogP contribution in [0, 0.1) is 12.7 Å². The van der Waals surface area contributed by atoms with E-state index < -0.39 is 0 Å². The van der Waals surface area contributed by atoms with Crippen molar-refractivity contribution in [1.29, 1.82) is 0 Å². The van der Waals surface area contributed by atoms with Gasteiger partial charge >= 0.3 is 0 Å². The van der Waals surface area contributed by atoms with Crippen molar-refractivity contribution >= 4 is 11.4 Å². The Morgan fingerprint density at radius 1 is 0.880 bits per heavy atom. The van der Waals surface area contributed by atoms with Crippen molar-refractivity contribution in [3.05, 3.63) is 95.8 Å². The molecule has 0 fully saturated rings. The van der Waals surface area contributed by atoms with Crippen LogP contribution in [0.3, 0.4) is 0 Å². The molecule has 3 aromatic carbocycles. The number of hydrogen-bond acceptors (Lipinski definition) is 2. The zero-order chi connectivity index (χ0) is 17.6. The molecular weight excluding hydrogens is 311 g/mol. The van der Waals surface area contributed by atoms with E-state index in [-0.39, 0.29) is 11.9 Å². The lowest BCUT2D eigenvalue weighted by Gasteiger charge is -2.28. The highest BCUT2D eigenvalue weighted by Gasteiger charge is 2.18. The van der Waals surface area contributed by atoms with Gasteiger partial charge in [-0.25, -0.2) is 4.39 Å². The van der Waals surface area contributed by atoms with Crippen LogP contribution >= 0.6 is 0 Å². The van der Waals surface area contributed by atoms with E-state index >= 15 is 0 Å². The summed E-state index contributed by atoms with van der Waals surface area (Å²) in [5.74, 6) is -0.187. The predicted octanol–water partition coefficient (Wildman–Crippen LogP) is 5.42. The lowest BCUT2D eigenvalue weighted by Crippen LogP contribution is -2.29. The number of nitrogens with zero attached hydrogens (tertiary/aromatic N) is 1. The molecule has 0 saturated heterocycles. The van der Waals surface area contributed by atoms with Crippen molar-refractivity contribution in [2.75, 3.05) is 23.8 Å². The smallest absolute Gasteiger partial charge is 0.128 e. The Hall–Kier alpha value is -2.81. The normalized spacial score (nSPS) is 11.8. The minimum absolute atomic E-state index is 0.157. The van der Waals surface area contributed by atoms with Gasteiger partial charge in [0.1, 0.15) is 5.82 Å². The molecule has 0 aliphatic carbocycles. The minimum atomic E-state index is -0.187. The Morgan fingerprint density at radius 2 is 1.52 bits per heavy atom. The standard InChI is InChI=1S/C22H23FN2/c1-17-12-14-19(15-13-17)25(2)16-22(20-10-6-7-11-21(20)23)24-18-8-4-3-5-9-18/h3-15,22,24H,16H2,1-2H3. The van der Waals surface area contributed by atoms with Crippen LogP contribution in [0.4, 0.5) is 15.8 Å². The molecule has 0 amide bonds. The van der Waals surface area contributed by atoms with Gasteiger partial charge in [0.15, 0.2) is 0 Å². The van der Waals surface area contributed by atoms with Crippen molar-refractivity contribution < 1.29 is 4.39 Å². The Balaban J connectivity index is 1.85. The van der Waals surface area contributed by atoms with Crippen molar-refractivity contribution in [3.8, 4) is 0 Å². The fourth-order valence-corrected chi connectivity index (χ4v) is 2.89. The third kappa shape index (κ3) is 4.38. The van der Waals surface area contributed by atoms with E-state index in [1.807, 2.05) is 49.5 Å². The van der Waals surface area contributed by atoms with E-state index in [1.165, 1.54) is 11.6 Å². The number of hydrogen-bond donors (Lipinski definition) is 1. The molecule has 128 valence electrons. The predicted molar refractivity (Wildman–Crippen MR) is 104 cm³/mol. The Labute approximate surface area is 148 Å². The van der Waals surface area contributed by atoms with E-state index in [4.69, 9.17) is 0 Å². The molecule has 1 atom stereocenters. The molecule has 25 heavy (non-hydrogen) atoms. The molecule has 0 aromatic heterocycles. The number of rotatable bonds is 6. The molecule has 3 aromatic rings. The SMILES string of the molecule is Cc1ccc(N(C)CC(Nc2ccccc2)c2ccccc2F)cc1. The van der Waals surface area contributed by atoms with Crippen LogP contribution in [0.1, 0.15) is 17.2 Å². The number of likely N-dealkylation sites (N-methyl/N-ethyl adjacent to an activating group) is 1. The molecule has 1 unspecified atom stereocenters.